The van der Waals surface area contributed by atoms with Gasteiger partial charge in [-0.2, -0.15) is 5.10 Å². The Morgan fingerprint density at radius 3 is 3.04 bits per heavy atom. The summed E-state index contributed by atoms with van der Waals surface area (Å²) >= 11 is 7.60. The quantitative estimate of drug-likeness (QED) is 0.743. The van der Waals surface area contributed by atoms with E-state index in [-0.39, 0.29) is 11.9 Å². The van der Waals surface area contributed by atoms with E-state index in [1.54, 1.807) is 10.7 Å². The second-order valence-electron chi connectivity index (χ2n) is 6.78. The number of carbonyl (C=O) groups is 1. The van der Waals surface area contributed by atoms with Gasteiger partial charge in [-0.25, -0.2) is 9.50 Å². The van der Waals surface area contributed by atoms with E-state index in [2.05, 4.69) is 34.1 Å². The number of hydrogen-bond donors (Lipinski definition) is 1. The van der Waals surface area contributed by atoms with Crippen molar-refractivity contribution in [1.82, 2.24) is 24.8 Å². The second-order valence-corrected chi connectivity index (χ2v) is 8.38. The first-order valence-corrected chi connectivity index (χ1v) is 9.86. The molecule has 0 spiro atoms. The molecule has 0 aliphatic carbocycles. The fraction of sp³-hybridized carbons (Fsp3) is 0.389. The molecule has 0 radical (unpaired) electrons. The highest BCUT2D eigenvalue weighted by atomic mass is 35.5. The molecule has 4 rings (SSSR count). The minimum absolute atomic E-state index is 0.157. The van der Waals surface area contributed by atoms with Crippen LogP contribution in [0.5, 0.6) is 0 Å². The largest absolute Gasteiger partial charge is 0.346 e. The van der Waals surface area contributed by atoms with E-state index in [1.165, 1.54) is 11.3 Å². The number of carbonyl (C=O) groups excluding carboxylic acids is 1. The number of thiazole rings is 1. The molecule has 3 aromatic rings. The van der Waals surface area contributed by atoms with Crippen LogP contribution in [-0.4, -0.2) is 50.6 Å². The van der Waals surface area contributed by atoms with Gasteiger partial charge in [-0.05, 0) is 32.4 Å². The molecule has 8 heteroatoms. The van der Waals surface area contributed by atoms with E-state index < -0.39 is 0 Å². The van der Waals surface area contributed by atoms with Crippen LogP contribution in [-0.2, 0) is 0 Å². The second kappa shape index (κ2) is 6.98. The number of rotatable bonds is 4. The average Bonchev–Trinajstić information content (AvgIpc) is 3.32. The fourth-order valence-corrected chi connectivity index (χ4v) is 4.38. The van der Waals surface area contributed by atoms with Crippen LogP contribution >= 0.6 is 22.9 Å². The summed E-state index contributed by atoms with van der Waals surface area (Å²) < 4.78 is 2.27. The molecule has 26 heavy (non-hydrogen) atoms. The third kappa shape index (κ3) is 3.22. The van der Waals surface area contributed by atoms with Crippen molar-refractivity contribution in [2.45, 2.75) is 32.4 Å². The summed E-state index contributed by atoms with van der Waals surface area (Å²) in [5.74, 6) is -0.157. The topological polar surface area (TPSA) is 62.5 Å². The lowest BCUT2D eigenvalue weighted by atomic mass is 10.2. The first-order chi connectivity index (χ1) is 12.5. The Bertz CT molecular complexity index is 950. The van der Waals surface area contributed by atoms with E-state index >= 15 is 0 Å². The van der Waals surface area contributed by atoms with Crippen LogP contribution in [0.2, 0.25) is 4.34 Å². The van der Waals surface area contributed by atoms with E-state index in [9.17, 15) is 4.79 Å². The zero-order valence-electron chi connectivity index (χ0n) is 14.6. The van der Waals surface area contributed by atoms with Gasteiger partial charge in [0.1, 0.15) is 10.0 Å². The fourth-order valence-electron chi connectivity index (χ4n) is 3.30. The Kier molecular flexibility index (Phi) is 4.69. The van der Waals surface area contributed by atoms with Gasteiger partial charge >= 0.3 is 0 Å². The molecule has 0 bridgehead atoms. The molecule has 0 aromatic carbocycles. The van der Waals surface area contributed by atoms with E-state index in [1.807, 2.05) is 24.4 Å². The molecule has 1 unspecified atom stereocenters. The molecule has 1 N–H and O–H groups in total. The number of nitrogens with zero attached hydrogens (tertiary/aromatic N) is 4. The maximum Gasteiger partial charge on any atom is 0.280 e. The molecule has 1 fully saturated rings. The first-order valence-electron chi connectivity index (χ1n) is 8.67. The van der Waals surface area contributed by atoms with Crippen molar-refractivity contribution in [3.05, 3.63) is 39.9 Å². The number of likely N-dealkylation sites (tertiary alicyclic amines) is 1. The Hall–Kier alpha value is -1.96. The number of aromatic nitrogens is 3. The van der Waals surface area contributed by atoms with Crippen LogP contribution in [0.4, 0.5) is 0 Å². The highest BCUT2D eigenvalue weighted by Crippen LogP contribution is 2.34. The molecule has 3 aromatic heterocycles. The summed E-state index contributed by atoms with van der Waals surface area (Å²) in [6.07, 6.45) is 4.56. The highest BCUT2D eigenvalue weighted by molar-refractivity contribution is 7.18. The van der Waals surface area contributed by atoms with Crippen LogP contribution in [0, 0.1) is 0 Å². The maximum atomic E-state index is 12.6. The van der Waals surface area contributed by atoms with Gasteiger partial charge in [0.15, 0.2) is 5.01 Å². The molecule has 1 saturated heterocycles. The summed E-state index contributed by atoms with van der Waals surface area (Å²) in [6, 6.07) is 6.46. The van der Waals surface area contributed by atoms with E-state index in [0.29, 0.717) is 21.1 Å². The Labute approximate surface area is 160 Å². The monoisotopic (exact) mass is 389 g/mol. The third-order valence-electron chi connectivity index (χ3n) is 4.75. The van der Waals surface area contributed by atoms with Gasteiger partial charge in [0.25, 0.3) is 5.91 Å². The summed E-state index contributed by atoms with van der Waals surface area (Å²) in [6.45, 7) is 6.24. The van der Waals surface area contributed by atoms with Crippen LogP contribution < -0.4 is 5.32 Å². The van der Waals surface area contributed by atoms with E-state index in [4.69, 9.17) is 11.6 Å². The molecule has 1 aliphatic heterocycles. The van der Waals surface area contributed by atoms with Crippen LogP contribution in [0.3, 0.4) is 0 Å². The molecule has 1 amide bonds. The van der Waals surface area contributed by atoms with Gasteiger partial charge in [0, 0.05) is 36.9 Å². The zero-order valence-corrected chi connectivity index (χ0v) is 16.2. The van der Waals surface area contributed by atoms with Crippen LogP contribution in [0.1, 0.15) is 30.1 Å². The van der Waals surface area contributed by atoms with Crippen molar-refractivity contribution >= 4 is 34.4 Å². The van der Waals surface area contributed by atoms with Crippen molar-refractivity contribution in [1.29, 1.82) is 0 Å². The molecule has 6 nitrogen and oxygen atoms in total. The Morgan fingerprint density at radius 2 is 2.27 bits per heavy atom. The predicted molar refractivity (Wildman–Crippen MR) is 104 cm³/mol. The summed E-state index contributed by atoms with van der Waals surface area (Å²) in [4.78, 5) is 19.5. The SMILES string of the molecule is CC(C)N1CCC(NC(=O)c2nc(-c3cnn4ccccc34)c(Cl)s2)C1. The zero-order chi connectivity index (χ0) is 18.3. The molecule has 1 aliphatic rings. The van der Waals surface area contributed by atoms with Crippen molar-refractivity contribution in [2.24, 2.45) is 0 Å². The highest BCUT2D eigenvalue weighted by Gasteiger charge is 2.27. The van der Waals surface area contributed by atoms with Gasteiger partial charge < -0.3 is 5.32 Å². The Morgan fingerprint density at radius 1 is 1.42 bits per heavy atom. The third-order valence-corrected chi connectivity index (χ3v) is 6.00. The number of amides is 1. The van der Waals surface area contributed by atoms with Gasteiger partial charge in [-0.1, -0.05) is 29.0 Å². The van der Waals surface area contributed by atoms with Gasteiger partial charge in [-0.3, -0.25) is 9.69 Å². The van der Waals surface area contributed by atoms with Crippen molar-refractivity contribution in [3.63, 3.8) is 0 Å². The molecular formula is C18H20ClN5OS. The van der Waals surface area contributed by atoms with E-state index in [0.717, 1.165) is 30.6 Å². The predicted octanol–water partition coefficient (Wildman–Crippen LogP) is 3.32. The van der Waals surface area contributed by atoms with Gasteiger partial charge in [0.2, 0.25) is 0 Å². The molecule has 0 saturated carbocycles. The van der Waals surface area contributed by atoms with Gasteiger partial charge in [-0.15, -0.1) is 0 Å². The maximum absolute atomic E-state index is 12.6. The van der Waals surface area contributed by atoms with Crippen LogP contribution in [0.25, 0.3) is 16.8 Å². The first kappa shape index (κ1) is 17.5. The smallest absolute Gasteiger partial charge is 0.280 e. The lowest BCUT2D eigenvalue weighted by Crippen LogP contribution is -2.38. The number of halogens is 1. The summed E-state index contributed by atoms with van der Waals surface area (Å²) in [5, 5.41) is 7.80. The summed E-state index contributed by atoms with van der Waals surface area (Å²) in [5.41, 5.74) is 2.35. The number of pyridine rings is 1. The molecule has 1 atom stereocenters. The lowest BCUT2D eigenvalue weighted by Gasteiger charge is -2.20. The van der Waals surface area contributed by atoms with Gasteiger partial charge in [0.05, 0.1) is 11.7 Å². The lowest BCUT2D eigenvalue weighted by molar-refractivity contribution is 0.0936. The minimum Gasteiger partial charge on any atom is -0.346 e. The summed E-state index contributed by atoms with van der Waals surface area (Å²) in [7, 11) is 0. The van der Waals surface area contributed by atoms with Crippen molar-refractivity contribution in [3.8, 4) is 11.3 Å². The molecule has 4 heterocycles. The van der Waals surface area contributed by atoms with Crippen molar-refractivity contribution < 1.29 is 4.79 Å². The molecular weight excluding hydrogens is 370 g/mol. The number of nitrogens with one attached hydrogen (secondary N) is 1. The number of hydrogen-bond acceptors (Lipinski definition) is 5. The standard InChI is InChI=1S/C18H20ClN5OS/c1-11(2)23-8-6-12(10-23)21-17(25)18-22-15(16(19)26-18)13-9-20-24-7-4-3-5-14(13)24/h3-5,7,9,11-12H,6,8,10H2,1-2H3,(H,21,25). The normalized spacial score (nSPS) is 18.1. The van der Waals surface area contributed by atoms with Crippen molar-refractivity contribution in [2.75, 3.05) is 13.1 Å². The van der Waals surface area contributed by atoms with Crippen LogP contribution in [0.15, 0.2) is 30.6 Å². The molecule has 136 valence electrons. The number of fused-ring (bicyclic) bond motifs is 1. The Balaban J connectivity index is 1.54. The average molecular weight is 390 g/mol. The minimum atomic E-state index is -0.157.